The van der Waals surface area contributed by atoms with Crippen LogP contribution in [0.1, 0.15) is 35.3 Å². The van der Waals surface area contributed by atoms with Gasteiger partial charge < -0.3 is 15.3 Å². The average molecular weight is 263 g/mol. The number of aryl methyl sites for hydroxylation is 1. The van der Waals surface area contributed by atoms with Crippen molar-refractivity contribution in [2.24, 2.45) is 0 Å². The molecular weight excluding hydrogens is 242 g/mol. The molecule has 0 radical (unpaired) electrons. The second kappa shape index (κ2) is 6.52. The first kappa shape index (κ1) is 13.8. The molecule has 104 valence electrons. The summed E-state index contributed by atoms with van der Waals surface area (Å²) in [7, 11) is 0. The van der Waals surface area contributed by atoms with E-state index >= 15 is 0 Å². The zero-order chi connectivity index (χ0) is 13.7. The highest BCUT2D eigenvalue weighted by Crippen LogP contribution is 2.11. The third kappa shape index (κ3) is 3.92. The van der Waals surface area contributed by atoms with Crippen LogP contribution in [0.5, 0.6) is 0 Å². The third-order valence-electron chi connectivity index (χ3n) is 3.50. The van der Waals surface area contributed by atoms with Crippen LogP contribution >= 0.6 is 0 Å². The highest BCUT2D eigenvalue weighted by Gasteiger charge is 2.10. The SMILES string of the molecule is Cc1nc(NCCN2CCCCC2)ccc1C(=O)O. The fraction of sp³-hybridized carbons (Fsp3) is 0.571. The van der Waals surface area contributed by atoms with Gasteiger partial charge in [-0.25, -0.2) is 9.78 Å². The van der Waals surface area contributed by atoms with Gasteiger partial charge in [-0.3, -0.25) is 0 Å². The van der Waals surface area contributed by atoms with Crippen molar-refractivity contribution in [3.8, 4) is 0 Å². The Labute approximate surface area is 113 Å². The van der Waals surface area contributed by atoms with Crippen LogP contribution in [0.15, 0.2) is 12.1 Å². The number of likely N-dealkylation sites (tertiary alicyclic amines) is 1. The predicted molar refractivity (Wildman–Crippen MR) is 74.7 cm³/mol. The summed E-state index contributed by atoms with van der Waals surface area (Å²) < 4.78 is 0. The highest BCUT2D eigenvalue weighted by molar-refractivity contribution is 5.89. The van der Waals surface area contributed by atoms with Gasteiger partial charge in [-0.2, -0.15) is 0 Å². The maximum Gasteiger partial charge on any atom is 0.337 e. The lowest BCUT2D eigenvalue weighted by atomic mass is 10.1. The Bertz CT molecular complexity index is 442. The van der Waals surface area contributed by atoms with Gasteiger partial charge in [0, 0.05) is 13.1 Å². The number of nitrogens with one attached hydrogen (secondary N) is 1. The van der Waals surface area contributed by atoms with E-state index in [1.165, 1.54) is 32.4 Å². The maximum absolute atomic E-state index is 10.9. The summed E-state index contributed by atoms with van der Waals surface area (Å²) in [4.78, 5) is 17.6. The molecule has 0 aliphatic carbocycles. The summed E-state index contributed by atoms with van der Waals surface area (Å²) in [6, 6.07) is 3.33. The average Bonchev–Trinajstić information content (AvgIpc) is 2.39. The molecule has 1 aliphatic rings. The van der Waals surface area contributed by atoms with Gasteiger partial charge in [0.2, 0.25) is 0 Å². The van der Waals surface area contributed by atoms with Crippen molar-refractivity contribution in [2.75, 3.05) is 31.5 Å². The Kier molecular flexibility index (Phi) is 4.74. The smallest absolute Gasteiger partial charge is 0.337 e. The molecule has 2 rings (SSSR count). The summed E-state index contributed by atoms with van der Waals surface area (Å²) >= 11 is 0. The molecule has 1 fully saturated rings. The number of carboxylic acids is 1. The summed E-state index contributed by atoms with van der Waals surface area (Å²) in [6.07, 6.45) is 3.94. The van der Waals surface area contributed by atoms with Crippen molar-refractivity contribution in [2.45, 2.75) is 26.2 Å². The minimum atomic E-state index is -0.926. The standard InChI is InChI=1S/C14H21N3O2/c1-11-12(14(18)19)5-6-13(16-11)15-7-10-17-8-3-2-4-9-17/h5-6H,2-4,7-10H2,1H3,(H,15,16)(H,18,19). The topological polar surface area (TPSA) is 65.5 Å². The van der Waals surface area contributed by atoms with Crippen molar-refractivity contribution in [1.82, 2.24) is 9.88 Å². The van der Waals surface area contributed by atoms with E-state index in [9.17, 15) is 4.79 Å². The fourth-order valence-electron chi connectivity index (χ4n) is 2.41. The molecular formula is C14H21N3O2. The second-order valence-electron chi connectivity index (χ2n) is 4.96. The van der Waals surface area contributed by atoms with Crippen LogP contribution in [0.25, 0.3) is 0 Å². The Morgan fingerprint density at radius 2 is 2.11 bits per heavy atom. The molecule has 0 spiro atoms. The third-order valence-corrected chi connectivity index (χ3v) is 3.50. The van der Waals surface area contributed by atoms with Crippen LogP contribution in [0.2, 0.25) is 0 Å². The van der Waals surface area contributed by atoms with Gasteiger partial charge >= 0.3 is 5.97 Å². The molecule has 0 bridgehead atoms. The minimum Gasteiger partial charge on any atom is -0.478 e. The molecule has 0 saturated carbocycles. The Morgan fingerprint density at radius 1 is 1.37 bits per heavy atom. The second-order valence-corrected chi connectivity index (χ2v) is 4.96. The zero-order valence-electron chi connectivity index (χ0n) is 11.4. The number of nitrogens with zero attached hydrogens (tertiary/aromatic N) is 2. The highest BCUT2D eigenvalue weighted by atomic mass is 16.4. The first-order valence-corrected chi connectivity index (χ1v) is 6.84. The lowest BCUT2D eigenvalue weighted by molar-refractivity contribution is 0.0695. The van der Waals surface area contributed by atoms with E-state index < -0.39 is 5.97 Å². The number of hydrogen-bond acceptors (Lipinski definition) is 4. The van der Waals surface area contributed by atoms with E-state index in [0.29, 0.717) is 5.69 Å². The minimum absolute atomic E-state index is 0.265. The molecule has 0 amide bonds. The van der Waals surface area contributed by atoms with Gasteiger partial charge in [0.05, 0.1) is 11.3 Å². The molecule has 1 aliphatic heterocycles. The van der Waals surface area contributed by atoms with Gasteiger partial charge in [-0.15, -0.1) is 0 Å². The van der Waals surface area contributed by atoms with Crippen LogP contribution < -0.4 is 5.32 Å². The van der Waals surface area contributed by atoms with E-state index in [4.69, 9.17) is 5.11 Å². The molecule has 5 nitrogen and oxygen atoms in total. The quantitative estimate of drug-likeness (QED) is 0.850. The summed E-state index contributed by atoms with van der Waals surface area (Å²) in [5, 5.41) is 12.2. The monoisotopic (exact) mass is 263 g/mol. The number of rotatable bonds is 5. The molecule has 0 aromatic carbocycles. The van der Waals surface area contributed by atoms with Gasteiger partial charge in [0.1, 0.15) is 5.82 Å². The van der Waals surface area contributed by atoms with Crippen molar-refractivity contribution in [3.63, 3.8) is 0 Å². The summed E-state index contributed by atoms with van der Waals surface area (Å²) in [5.74, 6) is -0.177. The number of aromatic nitrogens is 1. The van der Waals surface area contributed by atoms with E-state index in [1.54, 1.807) is 19.1 Å². The van der Waals surface area contributed by atoms with Crippen LogP contribution in [0.3, 0.4) is 0 Å². The van der Waals surface area contributed by atoms with Crippen molar-refractivity contribution in [3.05, 3.63) is 23.4 Å². The number of piperidine rings is 1. The molecule has 1 saturated heterocycles. The van der Waals surface area contributed by atoms with E-state index in [2.05, 4.69) is 15.2 Å². The number of pyridine rings is 1. The lowest BCUT2D eigenvalue weighted by Gasteiger charge is -2.26. The molecule has 1 aromatic heterocycles. The number of anilines is 1. The lowest BCUT2D eigenvalue weighted by Crippen LogP contribution is -2.33. The predicted octanol–water partition coefficient (Wildman–Crippen LogP) is 1.99. The maximum atomic E-state index is 10.9. The Morgan fingerprint density at radius 3 is 2.74 bits per heavy atom. The normalized spacial score (nSPS) is 16.3. The fourth-order valence-corrected chi connectivity index (χ4v) is 2.41. The van der Waals surface area contributed by atoms with Crippen LogP contribution in [-0.2, 0) is 0 Å². The first-order valence-electron chi connectivity index (χ1n) is 6.84. The zero-order valence-corrected chi connectivity index (χ0v) is 11.4. The molecule has 2 N–H and O–H groups in total. The van der Waals surface area contributed by atoms with Gasteiger partial charge in [-0.1, -0.05) is 6.42 Å². The number of hydrogen-bond donors (Lipinski definition) is 2. The van der Waals surface area contributed by atoms with E-state index in [0.717, 1.165) is 18.9 Å². The Balaban J connectivity index is 1.82. The van der Waals surface area contributed by atoms with E-state index in [-0.39, 0.29) is 5.56 Å². The van der Waals surface area contributed by atoms with Crippen LogP contribution in [0.4, 0.5) is 5.82 Å². The summed E-state index contributed by atoms with van der Waals surface area (Å²) in [5.41, 5.74) is 0.817. The number of carbonyl (C=O) groups is 1. The van der Waals surface area contributed by atoms with Crippen molar-refractivity contribution in [1.29, 1.82) is 0 Å². The molecule has 2 heterocycles. The molecule has 19 heavy (non-hydrogen) atoms. The first-order chi connectivity index (χ1) is 9.16. The largest absolute Gasteiger partial charge is 0.478 e. The molecule has 0 atom stereocenters. The van der Waals surface area contributed by atoms with Crippen molar-refractivity contribution >= 4 is 11.8 Å². The van der Waals surface area contributed by atoms with Gasteiger partial charge in [0.15, 0.2) is 0 Å². The molecule has 1 aromatic rings. The molecule has 5 heteroatoms. The number of carboxylic acid groups (broad SMARTS) is 1. The molecule has 0 unspecified atom stereocenters. The Hall–Kier alpha value is -1.62. The number of aromatic carboxylic acids is 1. The van der Waals surface area contributed by atoms with Crippen LogP contribution in [-0.4, -0.2) is 47.1 Å². The van der Waals surface area contributed by atoms with Crippen LogP contribution in [0, 0.1) is 6.92 Å². The summed E-state index contributed by atoms with van der Waals surface area (Å²) in [6.45, 7) is 5.96. The van der Waals surface area contributed by atoms with E-state index in [1.807, 2.05) is 0 Å². The van der Waals surface area contributed by atoms with Crippen molar-refractivity contribution < 1.29 is 9.90 Å². The van der Waals surface area contributed by atoms with Gasteiger partial charge in [-0.05, 0) is 45.0 Å². The van der Waals surface area contributed by atoms with Gasteiger partial charge in [0.25, 0.3) is 0 Å².